The number of alkyl carbamates (subject to hydrolysis) is 1. The van der Waals surface area contributed by atoms with E-state index in [0.717, 1.165) is 11.6 Å². The van der Waals surface area contributed by atoms with Gasteiger partial charge in [-0.1, -0.05) is 19.1 Å². The van der Waals surface area contributed by atoms with E-state index in [2.05, 4.69) is 31.3 Å². The van der Waals surface area contributed by atoms with E-state index >= 15 is 4.39 Å². The number of aromatic nitrogens is 3. The minimum atomic E-state index is -0.722. The fourth-order valence-electron chi connectivity index (χ4n) is 3.91. The van der Waals surface area contributed by atoms with E-state index in [-0.39, 0.29) is 36.0 Å². The van der Waals surface area contributed by atoms with Gasteiger partial charge in [0, 0.05) is 37.9 Å². The van der Waals surface area contributed by atoms with Gasteiger partial charge in [0.1, 0.15) is 29.5 Å². The highest BCUT2D eigenvalue weighted by Gasteiger charge is 2.21. The smallest absolute Gasteiger partial charge is 0.408 e. The molecule has 13 heteroatoms. The first kappa shape index (κ1) is 32.0. The molecule has 3 rings (SSSR count). The van der Waals surface area contributed by atoms with E-state index in [0.29, 0.717) is 24.9 Å². The Balaban J connectivity index is 1.68. The molecule has 0 spiro atoms. The van der Waals surface area contributed by atoms with Gasteiger partial charge in [-0.3, -0.25) is 14.3 Å². The molecule has 0 bridgehead atoms. The number of pyridine rings is 1. The Labute approximate surface area is 243 Å². The number of ether oxygens (including phenoxy) is 1. The first-order chi connectivity index (χ1) is 19.8. The molecule has 4 N–H and O–H groups in total. The number of nitrogens with one attached hydrogen (secondary N) is 4. The Morgan fingerprint density at radius 3 is 2.52 bits per heavy atom. The molecule has 0 fully saturated rings. The van der Waals surface area contributed by atoms with E-state index < -0.39 is 35.4 Å². The Hall–Kier alpha value is -4.55. The zero-order valence-electron chi connectivity index (χ0n) is 24.4. The lowest BCUT2D eigenvalue weighted by atomic mass is 10.1. The lowest BCUT2D eigenvalue weighted by Gasteiger charge is -2.21. The van der Waals surface area contributed by atoms with Crippen molar-refractivity contribution in [1.29, 1.82) is 0 Å². The Morgan fingerprint density at radius 2 is 1.88 bits per heavy atom. The molecule has 226 valence electrons. The number of benzene rings is 1. The number of carbonyl (C=O) groups is 3. The van der Waals surface area contributed by atoms with Crippen molar-refractivity contribution in [3.8, 4) is 11.3 Å². The van der Waals surface area contributed by atoms with Gasteiger partial charge < -0.3 is 26.0 Å². The number of anilines is 1. The van der Waals surface area contributed by atoms with Gasteiger partial charge in [-0.15, -0.1) is 0 Å². The summed E-state index contributed by atoms with van der Waals surface area (Å²) in [6.07, 6.45) is 3.26. The van der Waals surface area contributed by atoms with Crippen molar-refractivity contribution < 1.29 is 27.9 Å². The molecule has 0 unspecified atom stereocenters. The predicted molar refractivity (Wildman–Crippen MR) is 154 cm³/mol. The Kier molecular flexibility index (Phi) is 10.9. The van der Waals surface area contributed by atoms with Crippen LogP contribution in [0.25, 0.3) is 11.3 Å². The highest BCUT2D eigenvalue weighted by Crippen LogP contribution is 2.25. The molecule has 0 saturated heterocycles. The fraction of sp³-hybridized carbons (Fsp3) is 0.414. The molecule has 0 aliphatic heterocycles. The minimum absolute atomic E-state index is 0.0177. The SMILES string of the molecule is CC[C@H](CNC(=O)c1cc(F)c(-c2cnn(C)c2)nc1NCCc1cccc(F)c1)NC(=O)CNC(=O)OC(C)(C)C. The van der Waals surface area contributed by atoms with Gasteiger partial charge in [0.05, 0.1) is 11.8 Å². The molecule has 0 saturated carbocycles. The number of nitrogens with zero attached hydrogens (tertiary/aromatic N) is 3. The summed E-state index contributed by atoms with van der Waals surface area (Å²) in [5.41, 5.74) is 0.458. The molecular weight excluding hydrogens is 548 g/mol. The molecule has 0 aliphatic rings. The molecular formula is C29H37F2N7O4. The highest BCUT2D eigenvalue weighted by atomic mass is 19.1. The number of aryl methyl sites for hydroxylation is 1. The van der Waals surface area contributed by atoms with Gasteiger partial charge in [0.25, 0.3) is 5.91 Å². The first-order valence-corrected chi connectivity index (χ1v) is 13.6. The van der Waals surface area contributed by atoms with Crippen LogP contribution in [0, 0.1) is 11.6 Å². The molecule has 1 atom stereocenters. The number of carbonyl (C=O) groups excluding carboxylic acids is 3. The van der Waals surface area contributed by atoms with Crippen molar-refractivity contribution in [3.05, 3.63) is 65.5 Å². The molecule has 11 nitrogen and oxygen atoms in total. The third-order valence-corrected chi connectivity index (χ3v) is 5.95. The molecule has 3 aromatic rings. The Morgan fingerprint density at radius 1 is 1.12 bits per heavy atom. The van der Waals surface area contributed by atoms with Gasteiger partial charge in [-0.25, -0.2) is 18.6 Å². The average molecular weight is 586 g/mol. The quantitative estimate of drug-likeness (QED) is 0.255. The van der Waals surface area contributed by atoms with Crippen LogP contribution in [0.15, 0.2) is 42.7 Å². The van der Waals surface area contributed by atoms with Crippen molar-refractivity contribution >= 4 is 23.7 Å². The highest BCUT2D eigenvalue weighted by molar-refractivity contribution is 5.99. The van der Waals surface area contributed by atoms with E-state index in [9.17, 15) is 18.8 Å². The topological polar surface area (TPSA) is 139 Å². The van der Waals surface area contributed by atoms with E-state index in [1.54, 1.807) is 46.1 Å². The van der Waals surface area contributed by atoms with Crippen LogP contribution in [0.4, 0.5) is 19.4 Å². The number of hydrogen-bond donors (Lipinski definition) is 4. The molecule has 2 heterocycles. The van der Waals surface area contributed by atoms with Crippen LogP contribution < -0.4 is 21.3 Å². The van der Waals surface area contributed by atoms with Gasteiger partial charge in [-0.2, -0.15) is 5.10 Å². The molecule has 3 amide bonds. The maximum Gasteiger partial charge on any atom is 0.408 e. The van der Waals surface area contributed by atoms with Crippen LogP contribution in [0.2, 0.25) is 0 Å². The van der Waals surface area contributed by atoms with Crippen LogP contribution in [-0.4, -0.2) is 63.9 Å². The van der Waals surface area contributed by atoms with Gasteiger partial charge in [0.2, 0.25) is 5.91 Å². The van der Waals surface area contributed by atoms with E-state index in [4.69, 9.17) is 4.74 Å². The lowest BCUT2D eigenvalue weighted by Crippen LogP contribution is -2.47. The van der Waals surface area contributed by atoms with Crippen molar-refractivity contribution in [3.63, 3.8) is 0 Å². The summed E-state index contributed by atoms with van der Waals surface area (Å²) in [5, 5.41) is 15.0. The normalized spacial score (nSPS) is 11.9. The van der Waals surface area contributed by atoms with Gasteiger partial charge >= 0.3 is 6.09 Å². The predicted octanol–water partition coefficient (Wildman–Crippen LogP) is 3.56. The first-order valence-electron chi connectivity index (χ1n) is 13.6. The molecule has 0 aliphatic carbocycles. The van der Waals surface area contributed by atoms with Crippen LogP contribution >= 0.6 is 0 Å². The maximum absolute atomic E-state index is 15.2. The van der Waals surface area contributed by atoms with Crippen LogP contribution in [0.1, 0.15) is 50.0 Å². The summed E-state index contributed by atoms with van der Waals surface area (Å²) in [7, 11) is 1.69. The number of halogens is 2. The zero-order chi connectivity index (χ0) is 30.9. The summed E-state index contributed by atoms with van der Waals surface area (Å²) in [6, 6.07) is 6.79. The maximum atomic E-state index is 15.2. The van der Waals surface area contributed by atoms with Crippen molar-refractivity contribution in [2.75, 3.05) is 25.0 Å². The summed E-state index contributed by atoms with van der Waals surface area (Å²) >= 11 is 0. The number of rotatable bonds is 12. The summed E-state index contributed by atoms with van der Waals surface area (Å²) in [4.78, 5) is 41.7. The standard InChI is InChI=1S/C29H37F2N7O4/c1-6-21(36-24(39)16-34-28(41)42-29(2,3)4)15-33-27(40)22-13-23(31)25(19-14-35-38(5)17-19)37-26(22)32-11-10-18-8-7-9-20(30)12-18/h7-9,12-14,17,21H,6,10-11,15-16H2,1-5H3,(H,32,37)(H,33,40)(H,34,41)(H,36,39)/t21-/m1/s1. The summed E-state index contributed by atoms with van der Waals surface area (Å²) < 4.78 is 35.4. The minimum Gasteiger partial charge on any atom is -0.444 e. The monoisotopic (exact) mass is 585 g/mol. The lowest BCUT2D eigenvalue weighted by molar-refractivity contribution is -0.121. The molecule has 2 aromatic heterocycles. The number of amides is 3. The van der Waals surface area contributed by atoms with Crippen LogP contribution in [-0.2, 0) is 23.0 Å². The molecule has 1 aromatic carbocycles. The number of hydrogen-bond acceptors (Lipinski definition) is 7. The second-order valence-electron chi connectivity index (χ2n) is 10.7. The second kappa shape index (κ2) is 14.4. The van der Waals surface area contributed by atoms with Crippen LogP contribution in [0.3, 0.4) is 0 Å². The molecule has 0 radical (unpaired) electrons. The van der Waals surface area contributed by atoms with Crippen LogP contribution in [0.5, 0.6) is 0 Å². The summed E-state index contributed by atoms with van der Waals surface area (Å²) in [5.74, 6) is -1.99. The summed E-state index contributed by atoms with van der Waals surface area (Å²) in [6.45, 7) is 6.99. The largest absolute Gasteiger partial charge is 0.444 e. The van der Waals surface area contributed by atoms with Crippen molar-refractivity contribution in [2.24, 2.45) is 7.05 Å². The van der Waals surface area contributed by atoms with Crippen molar-refractivity contribution in [2.45, 2.75) is 52.2 Å². The van der Waals surface area contributed by atoms with E-state index in [1.165, 1.54) is 23.0 Å². The third-order valence-electron chi connectivity index (χ3n) is 5.95. The Bertz CT molecular complexity index is 1400. The second-order valence-corrected chi connectivity index (χ2v) is 10.7. The molecule has 42 heavy (non-hydrogen) atoms. The fourth-order valence-corrected chi connectivity index (χ4v) is 3.91. The third kappa shape index (κ3) is 9.82. The van der Waals surface area contributed by atoms with Gasteiger partial charge in [0.15, 0.2) is 5.82 Å². The van der Waals surface area contributed by atoms with E-state index in [1.807, 2.05) is 6.92 Å². The zero-order valence-corrected chi connectivity index (χ0v) is 24.4. The van der Waals surface area contributed by atoms with Crippen molar-refractivity contribution in [1.82, 2.24) is 30.7 Å². The average Bonchev–Trinajstić information content (AvgIpc) is 3.35. The van der Waals surface area contributed by atoms with Gasteiger partial charge in [-0.05, 0) is 57.4 Å².